The van der Waals surface area contributed by atoms with E-state index in [9.17, 15) is 4.79 Å². The summed E-state index contributed by atoms with van der Waals surface area (Å²) in [7, 11) is 4.11. The number of carbonyl (C=O) groups is 1. The number of nitrogens with one attached hydrogen (secondary N) is 1. The van der Waals surface area contributed by atoms with Crippen LogP contribution in [0.25, 0.3) is 6.08 Å². The Labute approximate surface area is 168 Å². The molecule has 2 aromatic carbocycles. The average Bonchev–Trinajstić information content (AvgIpc) is 3.08. The van der Waals surface area contributed by atoms with Crippen LogP contribution < -0.4 is 10.2 Å². The summed E-state index contributed by atoms with van der Waals surface area (Å²) in [5.41, 5.74) is 6.30. The van der Waals surface area contributed by atoms with E-state index in [0.717, 1.165) is 31.4 Å². The summed E-state index contributed by atoms with van der Waals surface area (Å²) < 4.78 is 0. The minimum absolute atomic E-state index is 0. The summed E-state index contributed by atoms with van der Waals surface area (Å²) >= 11 is 0. The summed E-state index contributed by atoms with van der Waals surface area (Å²) in [5.74, 6) is -0.270. The van der Waals surface area contributed by atoms with Gasteiger partial charge in [-0.15, -0.1) is 0 Å². The van der Waals surface area contributed by atoms with E-state index in [-0.39, 0.29) is 13.2 Å². The molecule has 0 spiro atoms. The maximum atomic E-state index is 11.2. The van der Waals surface area contributed by atoms with E-state index in [4.69, 9.17) is 5.11 Å². The van der Waals surface area contributed by atoms with Gasteiger partial charge in [-0.05, 0) is 66.3 Å². The van der Waals surface area contributed by atoms with Gasteiger partial charge in [0.25, 0.3) is 0 Å². The van der Waals surface area contributed by atoms with Crippen LogP contribution >= 0.6 is 0 Å². The second-order valence-electron chi connectivity index (χ2n) is 7.27. The smallest absolute Gasteiger partial charge is 0.181 e. The zero-order valence-electron chi connectivity index (χ0n) is 16.1. The molecule has 150 valence electrons. The first-order valence-electron chi connectivity index (χ1n) is 9.51. The number of aliphatic hydroxyl groups is 1. The SMILES string of the molecule is C.CN(C)c1ccc(CCNC2CCc3cc(/C=C/C(=O)CO)ccc32)cc1. The van der Waals surface area contributed by atoms with Crippen molar-refractivity contribution in [3.8, 4) is 0 Å². The first-order valence-corrected chi connectivity index (χ1v) is 9.51. The summed E-state index contributed by atoms with van der Waals surface area (Å²) in [6.07, 6.45) is 6.40. The van der Waals surface area contributed by atoms with Crippen molar-refractivity contribution in [3.63, 3.8) is 0 Å². The number of rotatable bonds is 8. The molecule has 0 aliphatic heterocycles. The van der Waals surface area contributed by atoms with Gasteiger partial charge in [0.1, 0.15) is 6.61 Å². The third kappa shape index (κ3) is 5.54. The van der Waals surface area contributed by atoms with Crippen LogP contribution in [0.1, 0.15) is 42.1 Å². The Morgan fingerprint density at radius 3 is 2.64 bits per heavy atom. The number of ketones is 1. The van der Waals surface area contributed by atoms with Gasteiger partial charge >= 0.3 is 0 Å². The molecule has 0 saturated carbocycles. The summed E-state index contributed by atoms with van der Waals surface area (Å²) in [4.78, 5) is 13.3. The van der Waals surface area contributed by atoms with Crippen molar-refractivity contribution in [2.24, 2.45) is 0 Å². The molecule has 0 heterocycles. The molecule has 0 fully saturated rings. The summed E-state index contributed by atoms with van der Waals surface area (Å²) in [5, 5.41) is 12.5. The molecule has 1 atom stereocenters. The van der Waals surface area contributed by atoms with Crippen LogP contribution in [-0.2, 0) is 17.6 Å². The van der Waals surface area contributed by atoms with Crippen LogP contribution in [0.3, 0.4) is 0 Å². The van der Waals surface area contributed by atoms with Gasteiger partial charge in [-0.2, -0.15) is 0 Å². The van der Waals surface area contributed by atoms with Crippen molar-refractivity contribution in [3.05, 3.63) is 70.8 Å². The molecule has 4 nitrogen and oxygen atoms in total. The van der Waals surface area contributed by atoms with E-state index in [1.54, 1.807) is 6.08 Å². The number of aliphatic hydroxyl groups excluding tert-OH is 1. The van der Waals surface area contributed by atoms with Crippen molar-refractivity contribution >= 4 is 17.5 Å². The lowest BCUT2D eigenvalue weighted by molar-refractivity contribution is -0.117. The normalized spacial score (nSPS) is 15.3. The van der Waals surface area contributed by atoms with Crippen molar-refractivity contribution in [1.29, 1.82) is 0 Å². The van der Waals surface area contributed by atoms with Crippen molar-refractivity contribution < 1.29 is 9.90 Å². The molecule has 3 rings (SSSR count). The zero-order valence-corrected chi connectivity index (χ0v) is 16.1. The van der Waals surface area contributed by atoms with E-state index in [2.05, 4.69) is 60.7 Å². The fourth-order valence-electron chi connectivity index (χ4n) is 3.55. The third-order valence-corrected chi connectivity index (χ3v) is 5.12. The molecule has 0 radical (unpaired) electrons. The van der Waals surface area contributed by atoms with Crippen LogP contribution in [0.5, 0.6) is 0 Å². The molecule has 0 aromatic heterocycles. The lowest BCUT2D eigenvalue weighted by Crippen LogP contribution is -2.21. The van der Waals surface area contributed by atoms with Crippen LogP contribution in [-0.4, -0.2) is 38.1 Å². The molecular formula is C24H32N2O2. The molecule has 1 aliphatic carbocycles. The standard InChI is InChI=1S/C23H28N2O2.CH4/c1-25(2)20-8-3-17(4-9-20)13-14-24-23-12-7-19-15-18(6-11-22(19)23)5-10-21(27)16-26;/h3-6,8-11,15,23-24,26H,7,12-14,16H2,1-2H3;1H4/b10-5+;. The molecule has 0 saturated heterocycles. The first-order chi connectivity index (χ1) is 13.1. The maximum absolute atomic E-state index is 11.2. The molecule has 1 aliphatic rings. The number of hydrogen-bond acceptors (Lipinski definition) is 4. The van der Waals surface area contributed by atoms with Gasteiger partial charge in [-0.25, -0.2) is 0 Å². The largest absolute Gasteiger partial charge is 0.388 e. The van der Waals surface area contributed by atoms with Crippen molar-refractivity contribution in [2.45, 2.75) is 32.7 Å². The minimum Gasteiger partial charge on any atom is -0.388 e. The van der Waals surface area contributed by atoms with E-state index < -0.39 is 6.61 Å². The van der Waals surface area contributed by atoms with E-state index in [1.165, 1.54) is 28.5 Å². The van der Waals surface area contributed by atoms with Crippen LogP contribution in [0.4, 0.5) is 5.69 Å². The highest BCUT2D eigenvalue weighted by atomic mass is 16.3. The number of anilines is 1. The molecule has 2 N–H and O–H groups in total. The predicted molar refractivity (Wildman–Crippen MR) is 118 cm³/mol. The Balaban J connectivity index is 0.00000280. The van der Waals surface area contributed by atoms with Crippen LogP contribution in [0, 0.1) is 0 Å². The first kappa shape index (κ1) is 21.9. The average molecular weight is 381 g/mol. The molecule has 2 aromatic rings. The second kappa shape index (κ2) is 10.2. The lowest BCUT2D eigenvalue weighted by atomic mass is 10.0. The number of carbonyl (C=O) groups excluding carboxylic acids is 1. The Kier molecular flexibility index (Phi) is 7.97. The van der Waals surface area contributed by atoms with Gasteiger partial charge in [0.2, 0.25) is 0 Å². The Hall–Kier alpha value is -2.43. The number of fused-ring (bicyclic) bond motifs is 1. The van der Waals surface area contributed by atoms with E-state index >= 15 is 0 Å². The highest BCUT2D eigenvalue weighted by Gasteiger charge is 2.21. The van der Waals surface area contributed by atoms with Gasteiger partial charge in [0, 0.05) is 25.8 Å². The highest BCUT2D eigenvalue weighted by molar-refractivity contribution is 5.94. The molecule has 1 unspecified atom stereocenters. The maximum Gasteiger partial charge on any atom is 0.181 e. The number of hydrogen-bond donors (Lipinski definition) is 2. The van der Waals surface area contributed by atoms with Gasteiger partial charge in [-0.1, -0.05) is 43.8 Å². The topological polar surface area (TPSA) is 52.6 Å². The minimum atomic E-state index is -0.439. The fraction of sp³-hybridized carbons (Fsp3) is 0.375. The quantitative estimate of drug-likeness (QED) is 0.684. The molecular weight excluding hydrogens is 348 g/mol. The number of aryl methyl sites for hydroxylation is 1. The predicted octanol–water partition coefficient (Wildman–Crippen LogP) is 3.78. The summed E-state index contributed by atoms with van der Waals surface area (Å²) in [6, 6.07) is 15.5. The lowest BCUT2D eigenvalue weighted by Gasteiger charge is -2.15. The van der Waals surface area contributed by atoms with Crippen LogP contribution in [0.2, 0.25) is 0 Å². The molecule has 28 heavy (non-hydrogen) atoms. The Morgan fingerprint density at radius 1 is 1.21 bits per heavy atom. The molecule has 4 heteroatoms. The van der Waals surface area contributed by atoms with Gasteiger partial charge < -0.3 is 15.3 Å². The Bertz CT molecular complexity index is 810. The van der Waals surface area contributed by atoms with Gasteiger partial charge in [0.05, 0.1) is 0 Å². The van der Waals surface area contributed by atoms with Gasteiger partial charge in [0.15, 0.2) is 5.78 Å². The zero-order chi connectivity index (χ0) is 19.2. The monoisotopic (exact) mass is 380 g/mol. The molecule has 0 amide bonds. The Morgan fingerprint density at radius 2 is 1.96 bits per heavy atom. The molecule has 0 bridgehead atoms. The van der Waals surface area contributed by atoms with Gasteiger partial charge in [-0.3, -0.25) is 4.79 Å². The van der Waals surface area contributed by atoms with Crippen molar-refractivity contribution in [2.75, 3.05) is 32.1 Å². The van der Waals surface area contributed by atoms with Crippen LogP contribution in [0.15, 0.2) is 48.5 Å². The second-order valence-corrected chi connectivity index (χ2v) is 7.27. The fourth-order valence-corrected chi connectivity index (χ4v) is 3.55. The highest BCUT2D eigenvalue weighted by Crippen LogP contribution is 2.32. The number of benzene rings is 2. The van der Waals surface area contributed by atoms with E-state index in [0.29, 0.717) is 6.04 Å². The summed E-state index contributed by atoms with van der Waals surface area (Å²) in [6.45, 7) is 0.517. The van der Waals surface area contributed by atoms with Crippen molar-refractivity contribution in [1.82, 2.24) is 5.32 Å². The van der Waals surface area contributed by atoms with E-state index in [1.807, 2.05) is 6.07 Å². The number of nitrogens with zero attached hydrogens (tertiary/aromatic N) is 1. The third-order valence-electron chi connectivity index (χ3n) is 5.12.